The Bertz CT molecular complexity index is 641. The molecule has 126 valence electrons. The smallest absolute Gasteiger partial charge is 0.343 e. The molecule has 7 nitrogen and oxygen atoms in total. The van der Waals surface area contributed by atoms with Crippen molar-refractivity contribution < 1.29 is 9.53 Å². The molecular weight excluding hydrogens is 296 g/mol. The molecule has 0 spiro atoms. The third kappa shape index (κ3) is 4.41. The third-order valence-corrected chi connectivity index (χ3v) is 3.79. The molecule has 23 heavy (non-hydrogen) atoms. The van der Waals surface area contributed by atoms with Gasteiger partial charge in [-0.3, -0.25) is 4.79 Å². The molecule has 0 aromatic carbocycles. The Morgan fingerprint density at radius 2 is 2.13 bits per heavy atom. The van der Waals surface area contributed by atoms with Gasteiger partial charge in [0, 0.05) is 17.7 Å². The van der Waals surface area contributed by atoms with E-state index in [0.717, 1.165) is 25.9 Å². The van der Waals surface area contributed by atoms with Crippen molar-refractivity contribution in [1.82, 2.24) is 15.3 Å². The summed E-state index contributed by atoms with van der Waals surface area (Å²) in [6, 6.07) is 1.50. The summed E-state index contributed by atoms with van der Waals surface area (Å²) >= 11 is 0. The molecule has 2 rings (SSSR count). The van der Waals surface area contributed by atoms with Crippen molar-refractivity contribution in [3.05, 3.63) is 33.6 Å². The zero-order valence-corrected chi connectivity index (χ0v) is 13.6. The number of piperidine rings is 1. The van der Waals surface area contributed by atoms with Crippen molar-refractivity contribution in [3.8, 4) is 0 Å². The van der Waals surface area contributed by atoms with Crippen LogP contribution in [0.1, 0.15) is 50.5 Å². The average molecular weight is 320 g/mol. The molecule has 1 aromatic rings. The fourth-order valence-electron chi connectivity index (χ4n) is 2.63. The fraction of sp³-hybridized carbons (Fsp3) is 0.562. The van der Waals surface area contributed by atoms with Crippen molar-refractivity contribution in [2.75, 3.05) is 19.7 Å². The summed E-state index contributed by atoms with van der Waals surface area (Å²) in [7, 11) is 0. The van der Waals surface area contributed by atoms with E-state index in [0.29, 0.717) is 18.7 Å². The molecule has 1 aliphatic heterocycles. The van der Waals surface area contributed by atoms with Gasteiger partial charge in [0.05, 0.1) is 12.3 Å². The largest absolute Gasteiger partial charge is 0.462 e. The number of nitrogens with zero attached hydrogens (tertiary/aromatic N) is 1. The number of hydrogen-bond acceptors (Lipinski definition) is 6. The van der Waals surface area contributed by atoms with Gasteiger partial charge in [-0.1, -0.05) is 6.92 Å². The summed E-state index contributed by atoms with van der Waals surface area (Å²) in [6.45, 7) is 5.59. The molecule has 7 heteroatoms. The van der Waals surface area contributed by atoms with Gasteiger partial charge in [0.25, 0.3) is 5.56 Å². The Morgan fingerprint density at radius 1 is 1.43 bits per heavy atom. The summed E-state index contributed by atoms with van der Waals surface area (Å²) in [5.74, 6) is -0.159. The van der Waals surface area contributed by atoms with Gasteiger partial charge in [-0.15, -0.1) is 0 Å². The lowest BCUT2D eigenvalue weighted by molar-refractivity contribution is -0.136. The Balaban J connectivity index is 2.36. The third-order valence-electron chi connectivity index (χ3n) is 3.79. The maximum absolute atomic E-state index is 12.2. The van der Waals surface area contributed by atoms with Crippen LogP contribution in [0, 0.1) is 0 Å². The summed E-state index contributed by atoms with van der Waals surface area (Å²) in [6.07, 6.45) is 2.54. The molecular formula is C16H24N4O3. The first-order valence-corrected chi connectivity index (χ1v) is 7.98. The molecule has 4 N–H and O–H groups in total. The lowest BCUT2D eigenvalue weighted by Gasteiger charge is -2.22. The topological polar surface area (TPSA) is 110 Å². The van der Waals surface area contributed by atoms with Gasteiger partial charge in [0.2, 0.25) is 0 Å². The molecule has 1 aliphatic rings. The van der Waals surface area contributed by atoms with Crippen LogP contribution in [-0.2, 0) is 9.53 Å². The normalized spacial score (nSPS) is 16.8. The Morgan fingerprint density at radius 3 is 2.74 bits per heavy atom. The number of aromatic nitrogens is 2. The number of ether oxygens (including phenoxy) is 1. The van der Waals surface area contributed by atoms with E-state index in [1.807, 2.05) is 6.92 Å². The lowest BCUT2D eigenvalue weighted by atomic mass is 9.94. The Labute approximate surface area is 135 Å². The van der Waals surface area contributed by atoms with Crippen molar-refractivity contribution in [2.24, 2.45) is 5.73 Å². The second-order valence-electron chi connectivity index (χ2n) is 5.74. The number of nitrogens with one attached hydrogen (secondary N) is 2. The molecule has 1 fully saturated rings. The summed E-state index contributed by atoms with van der Waals surface area (Å²) in [4.78, 5) is 31.3. The van der Waals surface area contributed by atoms with Gasteiger partial charge >= 0.3 is 5.97 Å². The summed E-state index contributed by atoms with van der Waals surface area (Å²) in [5, 5.41) is 3.28. The van der Waals surface area contributed by atoms with E-state index in [2.05, 4.69) is 15.3 Å². The molecule has 0 saturated carbocycles. The molecule has 2 heterocycles. The standard InChI is InChI=1S/C16H24N4O3/c1-3-8-23-16(22)14(10(2)17)15-19-12(9-13(21)20-15)11-4-6-18-7-5-11/h9,11,18H,3-8,17H2,1-2H3,(H,19,20,21). The SMILES string of the molecule is CCCOC(=O)C(=C(C)N)c1nc(C2CCNCC2)cc(=O)[nH]1. The number of H-pyrrole nitrogens is 1. The minimum absolute atomic E-state index is 0.131. The zero-order valence-electron chi connectivity index (χ0n) is 13.6. The number of hydrogen-bond donors (Lipinski definition) is 3. The molecule has 0 unspecified atom stereocenters. The quantitative estimate of drug-likeness (QED) is 0.549. The van der Waals surface area contributed by atoms with Crippen molar-refractivity contribution in [2.45, 2.75) is 39.0 Å². The lowest BCUT2D eigenvalue weighted by Crippen LogP contribution is -2.28. The monoisotopic (exact) mass is 320 g/mol. The second kappa shape index (κ2) is 7.92. The van der Waals surface area contributed by atoms with E-state index < -0.39 is 5.97 Å². The van der Waals surface area contributed by atoms with E-state index in [-0.39, 0.29) is 28.6 Å². The highest BCUT2D eigenvalue weighted by molar-refractivity contribution is 6.16. The second-order valence-corrected chi connectivity index (χ2v) is 5.74. The first-order chi connectivity index (χ1) is 11.0. The first-order valence-electron chi connectivity index (χ1n) is 7.98. The molecule has 0 atom stereocenters. The first kappa shape index (κ1) is 17.2. The van der Waals surface area contributed by atoms with Crippen LogP contribution in [0.4, 0.5) is 0 Å². The van der Waals surface area contributed by atoms with Gasteiger partial charge in [-0.25, -0.2) is 9.78 Å². The average Bonchev–Trinajstić information content (AvgIpc) is 2.53. The highest BCUT2D eigenvalue weighted by Gasteiger charge is 2.22. The summed E-state index contributed by atoms with van der Waals surface area (Å²) < 4.78 is 5.15. The van der Waals surface area contributed by atoms with E-state index in [1.165, 1.54) is 6.07 Å². The van der Waals surface area contributed by atoms with Crippen LogP contribution in [0.3, 0.4) is 0 Å². The van der Waals surface area contributed by atoms with Crippen LogP contribution in [0.2, 0.25) is 0 Å². The number of nitrogens with two attached hydrogens (primary N) is 1. The van der Waals surface area contributed by atoms with Gasteiger partial charge in [-0.2, -0.15) is 0 Å². The number of allylic oxidation sites excluding steroid dienone is 1. The maximum Gasteiger partial charge on any atom is 0.343 e. The van der Waals surface area contributed by atoms with Crippen molar-refractivity contribution in [3.63, 3.8) is 0 Å². The molecule has 1 aromatic heterocycles. The Kier molecular flexibility index (Phi) is 5.92. The van der Waals surface area contributed by atoms with Crippen molar-refractivity contribution in [1.29, 1.82) is 0 Å². The van der Waals surface area contributed by atoms with Gasteiger partial charge in [0.1, 0.15) is 11.4 Å². The minimum atomic E-state index is -0.558. The van der Waals surface area contributed by atoms with Crippen LogP contribution in [0.5, 0.6) is 0 Å². The van der Waals surface area contributed by atoms with Gasteiger partial charge in [-0.05, 0) is 39.3 Å². The predicted molar refractivity (Wildman–Crippen MR) is 87.7 cm³/mol. The van der Waals surface area contributed by atoms with Gasteiger partial charge in [0.15, 0.2) is 0 Å². The molecule has 0 bridgehead atoms. The highest BCUT2D eigenvalue weighted by atomic mass is 16.5. The number of aromatic amines is 1. The molecule has 0 amide bonds. The number of carbonyl (C=O) groups excluding carboxylic acids is 1. The van der Waals surface area contributed by atoms with E-state index in [4.69, 9.17) is 10.5 Å². The highest BCUT2D eigenvalue weighted by Crippen LogP contribution is 2.24. The van der Waals surface area contributed by atoms with Crippen LogP contribution in [-0.4, -0.2) is 35.6 Å². The van der Waals surface area contributed by atoms with E-state index in [9.17, 15) is 9.59 Å². The van der Waals surface area contributed by atoms with Crippen LogP contribution in [0.25, 0.3) is 5.57 Å². The molecule has 1 saturated heterocycles. The van der Waals surface area contributed by atoms with Crippen LogP contribution in [0.15, 0.2) is 16.6 Å². The maximum atomic E-state index is 12.2. The minimum Gasteiger partial charge on any atom is -0.462 e. The fourth-order valence-corrected chi connectivity index (χ4v) is 2.63. The van der Waals surface area contributed by atoms with E-state index >= 15 is 0 Å². The predicted octanol–water partition coefficient (Wildman–Crippen LogP) is 0.880. The Hall–Kier alpha value is -2.15. The molecule has 0 radical (unpaired) electrons. The number of esters is 1. The van der Waals surface area contributed by atoms with E-state index in [1.54, 1.807) is 6.92 Å². The zero-order chi connectivity index (χ0) is 16.8. The van der Waals surface area contributed by atoms with Gasteiger partial charge < -0.3 is 20.8 Å². The molecule has 0 aliphatic carbocycles. The van der Waals surface area contributed by atoms with Crippen LogP contribution >= 0.6 is 0 Å². The van der Waals surface area contributed by atoms with Crippen LogP contribution < -0.4 is 16.6 Å². The number of rotatable bonds is 5. The summed E-state index contributed by atoms with van der Waals surface area (Å²) in [5.41, 5.74) is 6.65. The van der Waals surface area contributed by atoms with Crippen molar-refractivity contribution >= 4 is 11.5 Å². The number of carbonyl (C=O) groups is 1.